The van der Waals surface area contributed by atoms with E-state index in [4.69, 9.17) is 0 Å². The molecule has 9 heteroatoms. The highest BCUT2D eigenvalue weighted by molar-refractivity contribution is 9.09. The molecule has 228 valence electrons. The van der Waals surface area contributed by atoms with Gasteiger partial charge in [0.15, 0.2) is 0 Å². The van der Waals surface area contributed by atoms with Gasteiger partial charge in [-0.1, -0.05) is 76.6 Å². The van der Waals surface area contributed by atoms with Crippen LogP contribution in [0.25, 0.3) is 0 Å². The Balaban J connectivity index is 1.59. The first-order valence-corrected chi connectivity index (χ1v) is 16.6. The van der Waals surface area contributed by atoms with Gasteiger partial charge in [-0.2, -0.15) is 0 Å². The van der Waals surface area contributed by atoms with Crippen LogP contribution in [0.2, 0.25) is 0 Å². The van der Waals surface area contributed by atoms with Crippen molar-refractivity contribution in [3.8, 4) is 0 Å². The van der Waals surface area contributed by atoms with E-state index in [9.17, 15) is 19.5 Å². The molecule has 7 nitrogen and oxygen atoms in total. The Labute approximate surface area is 267 Å². The molecule has 2 bridgehead atoms. The summed E-state index contributed by atoms with van der Waals surface area (Å²) < 4.78 is -0.820. The number of carbonyl (C=O) groups excluding carboxylic acids is 3. The van der Waals surface area contributed by atoms with Gasteiger partial charge >= 0.3 is 0 Å². The van der Waals surface area contributed by atoms with Crippen molar-refractivity contribution in [2.24, 2.45) is 11.8 Å². The van der Waals surface area contributed by atoms with Crippen LogP contribution in [0.3, 0.4) is 0 Å². The number of benzene rings is 2. The van der Waals surface area contributed by atoms with E-state index in [-0.39, 0.29) is 41.0 Å². The van der Waals surface area contributed by atoms with Gasteiger partial charge in [0.1, 0.15) is 6.04 Å². The second-order valence-electron chi connectivity index (χ2n) is 11.9. The minimum atomic E-state index is -0.846. The number of aliphatic hydroxyl groups is 1. The van der Waals surface area contributed by atoms with Crippen molar-refractivity contribution in [1.82, 2.24) is 9.80 Å². The molecule has 5 rings (SSSR count). The monoisotopic (exact) mass is 665 g/mol. The predicted octanol–water partition coefficient (Wildman–Crippen LogP) is 4.88. The van der Waals surface area contributed by atoms with E-state index < -0.39 is 28.7 Å². The molecule has 3 fully saturated rings. The number of fused-ring (bicyclic) bond motifs is 1. The molecule has 0 aromatic heterocycles. The van der Waals surface area contributed by atoms with Gasteiger partial charge < -0.3 is 19.8 Å². The first kappa shape index (κ1) is 31.5. The van der Waals surface area contributed by atoms with Crippen molar-refractivity contribution < 1.29 is 19.5 Å². The van der Waals surface area contributed by atoms with Crippen LogP contribution >= 0.6 is 27.7 Å². The van der Waals surface area contributed by atoms with Gasteiger partial charge in [-0.05, 0) is 43.9 Å². The molecule has 3 aliphatic heterocycles. The van der Waals surface area contributed by atoms with E-state index in [2.05, 4.69) is 29.1 Å². The number of anilines is 1. The third-order valence-corrected chi connectivity index (χ3v) is 12.4. The summed E-state index contributed by atoms with van der Waals surface area (Å²) in [6.45, 7) is 14.3. The molecule has 1 spiro atoms. The molecule has 2 aromatic rings. The molecule has 7 atom stereocenters. The molecular weight excluding hydrogens is 626 g/mol. The predicted molar refractivity (Wildman–Crippen MR) is 176 cm³/mol. The highest BCUT2D eigenvalue weighted by Gasteiger charge is 2.76. The fourth-order valence-corrected chi connectivity index (χ4v) is 11.0. The summed E-state index contributed by atoms with van der Waals surface area (Å²) in [5.41, 5.74) is 3.70. The van der Waals surface area contributed by atoms with Crippen LogP contribution in [0.5, 0.6) is 0 Å². The first-order chi connectivity index (χ1) is 20.6. The molecule has 3 aliphatic rings. The summed E-state index contributed by atoms with van der Waals surface area (Å²) >= 11 is 5.47. The molecule has 3 unspecified atom stereocenters. The molecule has 1 N–H and O–H groups in total. The van der Waals surface area contributed by atoms with E-state index in [1.807, 2.05) is 62.4 Å². The Hall–Kier alpha value is -2.88. The number of nitrogens with zero attached hydrogens (tertiary/aromatic N) is 3. The maximum absolute atomic E-state index is 14.9. The number of aryl methyl sites for hydroxylation is 2. The van der Waals surface area contributed by atoms with E-state index in [1.165, 1.54) is 0 Å². The highest BCUT2D eigenvalue weighted by Crippen LogP contribution is 2.68. The van der Waals surface area contributed by atoms with Crippen molar-refractivity contribution in [2.75, 3.05) is 24.6 Å². The number of alkyl halides is 1. The second kappa shape index (κ2) is 12.6. The Morgan fingerprint density at radius 3 is 2.35 bits per heavy atom. The Bertz CT molecular complexity index is 1400. The lowest BCUT2D eigenvalue weighted by molar-refractivity contribution is -0.145. The summed E-state index contributed by atoms with van der Waals surface area (Å²) in [4.78, 5) is 48.8. The zero-order valence-corrected chi connectivity index (χ0v) is 27.4. The van der Waals surface area contributed by atoms with Crippen molar-refractivity contribution >= 4 is 51.1 Å². The van der Waals surface area contributed by atoms with Crippen molar-refractivity contribution in [1.29, 1.82) is 0 Å². The Kier molecular flexibility index (Phi) is 9.26. The van der Waals surface area contributed by atoms with Crippen molar-refractivity contribution in [3.63, 3.8) is 0 Å². The van der Waals surface area contributed by atoms with Gasteiger partial charge in [-0.25, -0.2) is 0 Å². The van der Waals surface area contributed by atoms with Gasteiger partial charge in [-0.15, -0.1) is 24.9 Å². The zero-order valence-electron chi connectivity index (χ0n) is 25.0. The average molecular weight is 667 g/mol. The van der Waals surface area contributed by atoms with Gasteiger partial charge in [0.2, 0.25) is 11.8 Å². The van der Waals surface area contributed by atoms with E-state index in [1.54, 1.807) is 45.5 Å². The molecule has 0 aliphatic carbocycles. The van der Waals surface area contributed by atoms with Crippen molar-refractivity contribution in [2.45, 2.75) is 60.6 Å². The van der Waals surface area contributed by atoms with Crippen molar-refractivity contribution in [3.05, 3.63) is 90.5 Å². The summed E-state index contributed by atoms with van der Waals surface area (Å²) in [7, 11) is 0. The van der Waals surface area contributed by atoms with Crippen LogP contribution in [0.1, 0.15) is 30.0 Å². The lowest BCUT2D eigenvalue weighted by atomic mass is 9.70. The van der Waals surface area contributed by atoms with Crippen LogP contribution in [0, 0.1) is 25.7 Å². The number of likely N-dealkylation sites (tertiary alicyclic amines) is 1. The summed E-state index contributed by atoms with van der Waals surface area (Å²) in [5, 5.41) is 10.1. The maximum Gasteiger partial charge on any atom is 0.251 e. The number of halogens is 1. The number of amides is 3. The number of hydrogen-bond donors (Lipinski definition) is 1. The number of rotatable bonds is 11. The smallest absolute Gasteiger partial charge is 0.251 e. The third-order valence-electron chi connectivity index (χ3n) is 9.15. The molecule has 2 aromatic carbocycles. The number of para-hydroxylation sites is 1. The summed E-state index contributed by atoms with van der Waals surface area (Å²) in [5.74, 6) is -1.84. The van der Waals surface area contributed by atoms with Gasteiger partial charge in [0, 0.05) is 35.4 Å². The Morgan fingerprint density at radius 2 is 1.74 bits per heavy atom. The zero-order chi connectivity index (χ0) is 31.1. The maximum atomic E-state index is 14.9. The first-order valence-electron chi connectivity index (χ1n) is 14.8. The van der Waals surface area contributed by atoms with Gasteiger partial charge in [-0.3, -0.25) is 14.4 Å². The van der Waals surface area contributed by atoms with Crippen LogP contribution in [0.4, 0.5) is 5.69 Å². The molecular formula is C34H40BrN3O4S. The molecule has 3 heterocycles. The minimum Gasteiger partial charge on any atom is -0.394 e. The fourth-order valence-electron chi connectivity index (χ4n) is 7.39. The fraction of sp³-hybridized carbons (Fsp3) is 0.441. The molecule has 0 radical (unpaired) electrons. The summed E-state index contributed by atoms with van der Waals surface area (Å²) in [6, 6.07) is 14.3. The lowest BCUT2D eigenvalue weighted by Gasteiger charge is -2.40. The van der Waals surface area contributed by atoms with Crippen LogP contribution in [-0.2, 0) is 20.9 Å². The van der Waals surface area contributed by atoms with E-state index >= 15 is 0 Å². The molecule has 3 amide bonds. The number of carbonyl (C=O) groups is 3. The van der Waals surface area contributed by atoms with E-state index in [0.29, 0.717) is 19.5 Å². The average Bonchev–Trinajstić information content (AvgIpc) is 3.59. The normalized spacial score (nSPS) is 28.0. The summed E-state index contributed by atoms with van der Waals surface area (Å²) in [6.07, 6.45) is 3.98. The Morgan fingerprint density at radius 1 is 1.09 bits per heavy atom. The quantitative estimate of drug-likeness (QED) is 0.273. The van der Waals surface area contributed by atoms with Crippen LogP contribution in [0.15, 0.2) is 73.8 Å². The van der Waals surface area contributed by atoms with Gasteiger partial charge in [0.05, 0.1) is 29.2 Å². The third kappa shape index (κ3) is 5.27. The van der Waals surface area contributed by atoms with E-state index in [0.717, 1.165) is 22.4 Å². The molecule has 43 heavy (non-hydrogen) atoms. The number of aliphatic hydroxyl groups excluding tert-OH is 1. The van der Waals surface area contributed by atoms with Gasteiger partial charge in [0.25, 0.3) is 5.91 Å². The standard InChI is InChI=1S/C34H40BrN3O4S/c1-6-16-36(19-24-14-9-8-10-15-24)31(40)26-27-32(41)38(23(5)20-39)30(34(27)18-25(35)29(26)43-34)33(42)37(17-7-2)28-21(3)12-11-13-22(28)4/h6-15,23,25-27,29-30,39H,1-2,16-20H2,3-5H3/t23-,25?,26-,27+,29-,30?,34?/m1/s1. The second-order valence-corrected chi connectivity index (χ2v) is 14.6. The van der Waals surface area contributed by atoms with Crippen LogP contribution < -0.4 is 4.90 Å². The highest BCUT2D eigenvalue weighted by atomic mass is 79.9. The molecule has 0 saturated carbocycles. The SMILES string of the molecule is C=CCN(Cc1ccccc1)C(=O)[C@H]1[C@@H]2SC3(CC2Br)C(C(=O)N(CC=C)c2c(C)cccc2C)N([C@H](C)CO)C(=O)[C@H]13. The van der Waals surface area contributed by atoms with Crippen LogP contribution in [-0.4, -0.2) is 79.2 Å². The number of thioether (sulfide) groups is 1. The molecule has 3 saturated heterocycles. The lowest BCUT2D eigenvalue weighted by Crippen LogP contribution is -2.58. The minimum absolute atomic E-state index is 0.0504. The largest absolute Gasteiger partial charge is 0.394 e. The topological polar surface area (TPSA) is 81.2 Å². The number of hydrogen-bond acceptors (Lipinski definition) is 5.